The summed E-state index contributed by atoms with van der Waals surface area (Å²) in [6.07, 6.45) is 2.57. The number of carboxylic acids is 1. The number of carbonyl (C=O) groups is 1. The summed E-state index contributed by atoms with van der Waals surface area (Å²) >= 11 is 11.6. The molecule has 1 aromatic rings. The SMILES string of the molecule is O=C(O)/C=C/CNc1cc(Cl)cc(Cl)c1. The van der Waals surface area contributed by atoms with E-state index in [0.29, 0.717) is 16.6 Å². The molecule has 0 radical (unpaired) electrons. The molecule has 15 heavy (non-hydrogen) atoms. The van der Waals surface area contributed by atoms with E-state index in [-0.39, 0.29) is 0 Å². The Balaban J connectivity index is 2.54. The van der Waals surface area contributed by atoms with Gasteiger partial charge in [0.25, 0.3) is 0 Å². The zero-order valence-electron chi connectivity index (χ0n) is 7.71. The molecule has 1 rings (SSSR count). The monoisotopic (exact) mass is 245 g/mol. The van der Waals surface area contributed by atoms with Gasteiger partial charge in [-0.15, -0.1) is 0 Å². The number of hydrogen-bond acceptors (Lipinski definition) is 2. The zero-order valence-corrected chi connectivity index (χ0v) is 9.22. The third kappa shape index (κ3) is 4.72. The Morgan fingerprint density at radius 2 is 1.93 bits per heavy atom. The van der Waals surface area contributed by atoms with Crippen LogP contribution in [0.4, 0.5) is 5.69 Å². The highest BCUT2D eigenvalue weighted by Gasteiger charge is 1.96. The maximum Gasteiger partial charge on any atom is 0.328 e. The van der Waals surface area contributed by atoms with Crippen molar-refractivity contribution in [2.75, 3.05) is 11.9 Å². The molecule has 0 aliphatic carbocycles. The molecule has 0 saturated heterocycles. The Bertz CT molecular complexity index is 371. The molecule has 0 fully saturated rings. The van der Waals surface area contributed by atoms with Crippen molar-refractivity contribution in [3.63, 3.8) is 0 Å². The fourth-order valence-electron chi connectivity index (χ4n) is 0.992. The second kappa shape index (κ2) is 5.63. The molecule has 3 nitrogen and oxygen atoms in total. The number of carboxylic acid groups (broad SMARTS) is 1. The van der Waals surface area contributed by atoms with Crippen LogP contribution in [0.1, 0.15) is 0 Å². The molecule has 0 amide bonds. The maximum atomic E-state index is 10.2. The summed E-state index contributed by atoms with van der Waals surface area (Å²) in [4.78, 5) is 10.2. The van der Waals surface area contributed by atoms with Gasteiger partial charge in [-0.1, -0.05) is 29.3 Å². The van der Waals surface area contributed by atoms with Gasteiger partial charge >= 0.3 is 5.97 Å². The Morgan fingerprint density at radius 3 is 2.47 bits per heavy atom. The zero-order chi connectivity index (χ0) is 11.3. The first kappa shape index (κ1) is 11.9. The van der Waals surface area contributed by atoms with Crippen molar-refractivity contribution in [1.29, 1.82) is 0 Å². The van der Waals surface area contributed by atoms with Crippen molar-refractivity contribution in [3.05, 3.63) is 40.4 Å². The first-order valence-corrected chi connectivity index (χ1v) is 4.93. The molecule has 0 spiro atoms. The molecule has 0 atom stereocenters. The van der Waals surface area contributed by atoms with Gasteiger partial charge in [0.15, 0.2) is 0 Å². The van der Waals surface area contributed by atoms with Crippen LogP contribution in [0, 0.1) is 0 Å². The lowest BCUT2D eigenvalue weighted by molar-refractivity contribution is -0.131. The van der Waals surface area contributed by atoms with E-state index in [2.05, 4.69) is 5.32 Å². The molecule has 80 valence electrons. The number of halogens is 2. The van der Waals surface area contributed by atoms with Crippen molar-refractivity contribution in [1.82, 2.24) is 0 Å². The van der Waals surface area contributed by atoms with E-state index in [1.54, 1.807) is 18.2 Å². The van der Waals surface area contributed by atoms with E-state index in [0.717, 1.165) is 11.8 Å². The molecule has 0 aliphatic heterocycles. The largest absolute Gasteiger partial charge is 0.478 e. The average molecular weight is 246 g/mol. The fourth-order valence-corrected chi connectivity index (χ4v) is 1.52. The van der Waals surface area contributed by atoms with Crippen LogP contribution in [-0.4, -0.2) is 17.6 Å². The van der Waals surface area contributed by atoms with Crippen LogP contribution in [-0.2, 0) is 4.79 Å². The normalized spacial score (nSPS) is 10.5. The second-order valence-electron chi connectivity index (χ2n) is 2.78. The quantitative estimate of drug-likeness (QED) is 0.802. The van der Waals surface area contributed by atoms with Crippen molar-refractivity contribution >= 4 is 34.9 Å². The summed E-state index contributed by atoms with van der Waals surface area (Å²) < 4.78 is 0. The van der Waals surface area contributed by atoms with Gasteiger partial charge < -0.3 is 10.4 Å². The maximum absolute atomic E-state index is 10.2. The highest BCUT2D eigenvalue weighted by atomic mass is 35.5. The molecule has 0 bridgehead atoms. The van der Waals surface area contributed by atoms with Gasteiger partial charge in [-0.3, -0.25) is 0 Å². The number of benzene rings is 1. The van der Waals surface area contributed by atoms with Crippen LogP contribution >= 0.6 is 23.2 Å². The Labute approximate surface area is 97.3 Å². The highest BCUT2D eigenvalue weighted by molar-refractivity contribution is 6.35. The molecular weight excluding hydrogens is 237 g/mol. The topological polar surface area (TPSA) is 49.3 Å². The van der Waals surface area contributed by atoms with Gasteiger partial charge in [-0.2, -0.15) is 0 Å². The molecule has 5 heteroatoms. The van der Waals surface area contributed by atoms with E-state index in [1.165, 1.54) is 6.08 Å². The lowest BCUT2D eigenvalue weighted by Gasteiger charge is -2.04. The number of hydrogen-bond donors (Lipinski definition) is 2. The van der Waals surface area contributed by atoms with Gasteiger partial charge in [0.2, 0.25) is 0 Å². The lowest BCUT2D eigenvalue weighted by atomic mass is 10.3. The van der Waals surface area contributed by atoms with E-state index < -0.39 is 5.97 Å². The van der Waals surface area contributed by atoms with Crippen LogP contribution in [0.5, 0.6) is 0 Å². The minimum absolute atomic E-state index is 0.406. The Kier molecular flexibility index (Phi) is 4.46. The van der Waals surface area contributed by atoms with Gasteiger partial charge in [0.05, 0.1) is 0 Å². The summed E-state index contributed by atoms with van der Waals surface area (Å²) in [6, 6.07) is 5.05. The van der Waals surface area contributed by atoms with Crippen LogP contribution in [0.3, 0.4) is 0 Å². The van der Waals surface area contributed by atoms with Crippen LogP contribution < -0.4 is 5.32 Å². The fraction of sp³-hybridized carbons (Fsp3) is 0.100. The number of aliphatic carboxylic acids is 1. The highest BCUT2D eigenvalue weighted by Crippen LogP contribution is 2.22. The number of rotatable bonds is 4. The summed E-state index contributed by atoms with van der Waals surface area (Å²) in [5.41, 5.74) is 0.752. The summed E-state index contributed by atoms with van der Waals surface area (Å²) in [7, 11) is 0. The first-order chi connectivity index (χ1) is 7.08. The first-order valence-electron chi connectivity index (χ1n) is 4.17. The predicted molar refractivity (Wildman–Crippen MR) is 61.7 cm³/mol. The molecule has 0 aliphatic rings. The van der Waals surface area contributed by atoms with Crippen LogP contribution in [0.15, 0.2) is 30.4 Å². The summed E-state index contributed by atoms with van der Waals surface area (Å²) in [6.45, 7) is 0.406. The third-order valence-corrected chi connectivity index (χ3v) is 1.98. The summed E-state index contributed by atoms with van der Waals surface area (Å²) in [5, 5.41) is 12.4. The Morgan fingerprint density at radius 1 is 1.33 bits per heavy atom. The van der Waals surface area contributed by atoms with E-state index in [4.69, 9.17) is 28.3 Å². The average Bonchev–Trinajstić information content (AvgIpc) is 2.10. The molecule has 1 aromatic carbocycles. The van der Waals surface area contributed by atoms with E-state index in [9.17, 15) is 4.79 Å². The van der Waals surface area contributed by atoms with Gasteiger partial charge in [0.1, 0.15) is 0 Å². The number of anilines is 1. The molecule has 0 aromatic heterocycles. The van der Waals surface area contributed by atoms with Crippen molar-refractivity contribution < 1.29 is 9.90 Å². The van der Waals surface area contributed by atoms with E-state index in [1.807, 2.05) is 0 Å². The Hall–Kier alpha value is -1.19. The number of nitrogens with one attached hydrogen (secondary N) is 1. The summed E-state index contributed by atoms with van der Waals surface area (Å²) in [5.74, 6) is -0.971. The van der Waals surface area contributed by atoms with Crippen molar-refractivity contribution in [3.8, 4) is 0 Å². The minimum atomic E-state index is -0.971. The molecule has 0 heterocycles. The molecule has 0 saturated carbocycles. The van der Waals surface area contributed by atoms with Crippen molar-refractivity contribution in [2.45, 2.75) is 0 Å². The predicted octanol–water partition coefficient (Wildman–Crippen LogP) is 3.05. The van der Waals surface area contributed by atoms with E-state index >= 15 is 0 Å². The molecular formula is C10H9Cl2NO2. The molecule has 2 N–H and O–H groups in total. The smallest absolute Gasteiger partial charge is 0.328 e. The van der Waals surface area contributed by atoms with Gasteiger partial charge in [0, 0.05) is 28.4 Å². The lowest BCUT2D eigenvalue weighted by Crippen LogP contribution is -1.99. The second-order valence-corrected chi connectivity index (χ2v) is 3.65. The third-order valence-electron chi connectivity index (χ3n) is 1.55. The van der Waals surface area contributed by atoms with Crippen LogP contribution in [0.2, 0.25) is 10.0 Å². The standard InChI is InChI=1S/C10H9Cl2NO2/c11-7-4-8(12)6-9(5-7)13-3-1-2-10(14)15/h1-2,4-6,13H,3H2,(H,14,15)/b2-1+. The van der Waals surface area contributed by atoms with Crippen molar-refractivity contribution in [2.24, 2.45) is 0 Å². The van der Waals surface area contributed by atoms with Gasteiger partial charge in [-0.25, -0.2) is 4.79 Å². The minimum Gasteiger partial charge on any atom is -0.478 e. The van der Waals surface area contributed by atoms with Gasteiger partial charge in [-0.05, 0) is 18.2 Å². The van der Waals surface area contributed by atoms with Crippen LogP contribution in [0.25, 0.3) is 0 Å². The molecule has 0 unspecified atom stereocenters.